The summed E-state index contributed by atoms with van der Waals surface area (Å²) in [5.41, 5.74) is 0.748. The Morgan fingerprint density at radius 3 is 2.14 bits per heavy atom. The van der Waals surface area contributed by atoms with Gasteiger partial charge in [-0.25, -0.2) is 21.2 Å². The van der Waals surface area contributed by atoms with Gasteiger partial charge >= 0.3 is 0 Å². The van der Waals surface area contributed by atoms with E-state index in [4.69, 9.17) is 0 Å². The van der Waals surface area contributed by atoms with Crippen molar-refractivity contribution in [3.05, 3.63) is 69.8 Å². The zero-order valence-electron chi connectivity index (χ0n) is 14.7. The molecule has 0 N–H and O–H groups in total. The lowest BCUT2D eigenvalue weighted by Crippen LogP contribution is -2.50. The first-order chi connectivity index (χ1) is 13.2. The molecule has 0 aliphatic carbocycles. The van der Waals surface area contributed by atoms with Crippen LogP contribution in [0.4, 0.5) is 4.39 Å². The molecule has 0 spiro atoms. The number of halogens is 2. The van der Waals surface area contributed by atoms with Gasteiger partial charge in [0, 0.05) is 36.1 Å². The average Bonchev–Trinajstić information content (AvgIpc) is 2.69. The second-order valence-corrected chi connectivity index (χ2v) is 10.8. The minimum absolute atomic E-state index is 0.00366. The van der Waals surface area contributed by atoms with Gasteiger partial charge in [0.15, 0.2) is 0 Å². The first-order valence-electron chi connectivity index (χ1n) is 8.39. The highest BCUT2D eigenvalue weighted by Gasteiger charge is 2.33. The molecule has 1 aliphatic rings. The normalized spacial score (nSPS) is 17.2. The molecule has 0 bridgehead atoms. The molecule has 2 aromatic carbocycles. The summed E-state index contributed by atoms with van der Waals surface area (Å²) in [6, 6.07) is 12.7. The molecular weight excluding hydrogens is 471 g/mol. The van der Waals surface area contributed by atoms with E-state index >= 15 is 0 Å². The molecule has 2 aromatic rings. The van der Waals surface area contributed by atoms with Crippen LogP contribution in [0.5, 0.6) is 0 Å². The standard InChI is InChI=1S/C18H18BrFN2O4S2/c19-16-6-7-17(20)18(14-16)28(25,26)22-11-9-21(10-12-22)27(23,24)13-8-15-4-2-1-3-5-15/h1-8,13-14H,9-12H2/b13-8+. The van der Waals surface area contributed by atoms with Crippen LogP contribution in [0.2, 0.25) is 0 Å². The summed E-state index contributed by atoms with van der Waals surface area (Å²) in [7, 11) is -7.73. The summed E-state index contributed by atoms with van der Waals surface area (Å²) in [6.07, 6.45) is 1.50. The summed E-state index contributed by atoms with van der Waals surface area (Å²) in [6.45, 7) is -0.105. The van der Waals surface area contributed by atoms with Gasteiger partial charge < -0.3 is 0 Å². The molecule has 3 rings (SSSR count). The summed E-state index contributed by atoms with van der Waals surface area (Å²) >= 11 is 3.14. The monoisotopic (exact) mass is 488 g/mol. The lowest BCUT2D eigenvalue weighted by Gasteiger charge is -2.32. The lowest BCUT2D eigenvalue weighted by molar-refractivity contribution is 0.274. The Morgan fingerprint density at radius 2 is 1.50 bits per heavy atom. The smallest absolute Gasteiger partial charge is 0.208 e. The first-order valence-corrected chi connectivity index (χ1v) is 12.1. The van der Waals surface area contributed by atoms with Crippen molar-refractivity contribution in [2.24, 2.45) is 0 Å². The fraction of sp³-hybridized carbons (Fsp3) is 0.222. The maximum absolute atomic E-state index is 14.0. The predicted molar refractivity (Wildman–Crippen MR) is 109 cm³/mol. The molecular formula is C18H18BrFN2O4S2. The van der Waals surface area contributed by atoms with E-state index in [-0.39, 0.29) is 26.2 Å². The molecule has 1 heterocycles. The molecule has 150 valence electrons. The van der Waals surface area contributed by atoms with Crippen molar-refractivity contribution in [1.29, 1.82) is 0 Å². The number of rotatable bonds is 5. The van der Waals surface area contributed by atoms with Crippen molar-refractivity contribution in [2.45, 2.75) is 4.90 Å². The van der Waals surface area contributed by atoms with Crippen molar-refractivity contribution in [3.8, 4) is 0 Å². The molecule has 0 radical (unpaired) electrons. The zero-order chi connectivity index (χ0) is 20.4. The van der Waals surface area contributed by atoms with Gasteiger partial charge in [-0.15, -0.1) is 0 Å². The van der Waals surface area contributed by atoms with E-state index < -0.39 is 30.8 Å². The van der Waals surface area contributed by atoms with Crippen LogP contribution in [0.25, 0.3) is 6.08 Å². The second kappa shape index (κ2) is 8.42. The molecule has 0 amide bonds. The van der Waals surface area contributed by atoms with E-state index in [1.54, 1.807) is 24.3 Å². The van der Waals surface area contributed by atoms with Gasteiger partial charge in [-0.2, -0.15) is 8.61 Å². The van der Waals surface area contributed by atoms with Gasteiger partial charge in [0.25, 0.3) is 0 Å². The summed E-state index contributed by atoms with van der Waals surface area (Å²) < 4.78 is 67.2. The number of nitrogens with zero attached hydrogens (tertiary/aromatic N) is 2. The van der Waals surface area contributed by atoms with Gasteiger partial charge in [0.05, 0.1) is 0 Å². The van der Waals surface area contributed by atoms with E-state index in [1.807, 2.05) is 6.07 Å². The molecule has 1 fully saturated rings. The van der Waals surface area contributed by atoms with Crippen LogP contribution in [0.3, 0.4) is 0 Å². The second-order valence-electron chi connectivity index (χ2n) is 6.14. The molecule has 1 aliphatic heterocycles. The molecule has 6 nitrogen and oxygen atoms in total. The van der Waals surface area contributed by atoms with Crippen LogP contribution >= 0.6 is 15.9 Å². The van der Waals surface area contributed by atoms with Crippen LogP contribution < -0.4 is 0 Å². The van der Waals surface area contributed by atoms with Crippen molar-refractivity contribution in [1.82, 2.24) is 8.61 Å². The van der Waals surface area contributed by atoms with Crippen molar-refractivity contribution in [2.75, 3.05) is 26.2 Å². The third-order valence-electron chi connectivity index (χ3n) is 4.30. The maximum atomic E-state index is 14.0. The summed E-state index contributed by atoms with van der Waals surface area (Å²) in [5, 5.41) is 1.11. The number of hydrogen-bond acceptors (Lipinski definition) is 4. The van der Waals surface area contributed by atoms with Gasteiger partial charge in [-0.05, 0) is 29.8 Å². The van der Waals surface area contributed by atoms with Crippen molar-refractivity contribution >= 4 is 42.1 Å². The molecule has 0 atom stereocenters. The zero-order valence-corrected chi connectivity index (χ0v) is 17.9. The first kappa shape index (κ1) is 21.1. The molecule has 10 heteroatoms. The topological polar surface area (TPSA) is 74.8 Å². The Balaban J connectivity index is 1.71. The Bertz CT molecular complexity index is 1080. The van der Waals surface area contributed by atoms with E-state index in [9.17, 15) is 21.2 Å². The van der Waals surface area contributed by atoms with E-state index in [1.165, 1.54) is 22.5 Å². The fourth-order valence-electron chi connectivity index (χ4n) is 2.79. The number of hydrogen-bond donors (Lipinski definition) is 0. The van der Waals surface area contributed by atoms with Crippen LogP contribution in [-0.4, -0.2) is 51.6 Å². The van der Waals surface area contributed by atoms with Gasteiger partial charge in [-0.3, -0.25) is 0 Å². The van der Waals surface area contributed by atoms with E-state index in [2.05, 4.69) is 15.9 Å². The van der Waals surface area contributed by atoms with Gasteiger partial charge in [0.2, 0.25) is 20.0 Å². The molecule has 0 unspecified atom stereocenters. The highest BCUT2D eigenvalue weighted by molar-refractivity contribution is 9.10. The Hall–Kier alpha value is -1.59. The van der Waals surface area contributed by atoms with Gasteiger partial charge in [0.1, 0.15) is 10.7 Å². The van der Waals surface area contributed by atoms with Crippen molar-refractivity contribution < 1.29 is 21.2 Å². The lowest BCUT2D eigenvalue weighted by atomic mass is 10.2. The minimum atomic E-state index is -4.05. The fourth-order valence-corrected chi connectivity index (χ4v) is 5.99. The minimum Gasteiger partial charge on any atom is -0.208 e. The molecule has 1 saturated heterocycles. The molecule has 28 heavy (non-hydrogen) atoms. The van der Waals surface area contributed by atoms with Crippen LogP contribution in [0.15, 0.2) is 63.3 Å². The number of sulfonamides is 2. The number of piperazine rings is 1. The predicted octanol–water partition coefficient (Wildman–Crippen LogP) is 2.90. The quantitative estimate of drug-likeness (QED) is 0.648. The maximum Gasteiger partial charge on any atom is 0.246 e. The Labute approximate surface area is 172 Å². The van der Waals surface area contributed by atoms with E-state index in [0.29, 0.717) is 4.47 Å². The number of benzene rings is 2. The van der Waals surface area contributed by atoms with Crippen LogP contribution in [0.1, 0.15) is 5.56 Å². The van der Waals surface area contributed by atoms with Crippen LogP contribution in [0, 0.1) is 5.82 Å². The van der Waals surface area contributed by atoms with Crippen molar-refractivity contribution in [3.63, 3.8) is 0 Å². The Kier molecular flexibility index (Phi) is 6.35. The summed E-state index contributed by atoms with van der Waals surface area (Å²) in [4.78, 5) is -0.429. The molecule has 0 aromatic heterocycles. The SMILES string of the molecule is O=S(=O)(/C=C/c1ccccc1)N1CCN(S(=O)(=O)c2cc(Br)ccc2F)CC1. The highest BCUT2D eigenvalue weighted by Crippen LogP contribution is 2.24. The van der Waals surface area contributed by atoms with Crippen LogP contribution in [-0.2, 0) is 20.0 Å². The molecule has 0 saturated carbocycles. The third-order valence-corrected chi connectivity index (χ3v) is 8.27. The highest BCUT2D eigenvalue weighted by atomic mass is 79.9. The third kappa shape index (κ3) is 4.69. The Morgan fingerprint density at radius 1 is 0.893 bits per heavy atom. The van der Waals surface area contributed by atoms with E-state index in [0.717, 1.165) is 21.3 Å². The summed E-state index contributed by atoms with van der Waals surface area (Å²) in [5.74, 6) is -0.843. The van der Waals surface area contributed by atoms with Gasteiger partial charge in [-0.1, -0.05) is 46.3 Å². The average molecular weight is 489 g/mol. The largest absolute Gasteiger partial charge is 0.246 e.